The summed E-state index contributed by atoms with van der Waals surface area (Å²) in [6.07, 6.45) is 1.93. The van der Waals surface area contributed by atoms with E-state index in [1.54, 1.807) is 0 Å². The van der Waals surface area contributed by atoms with Gasteiger partial charge in [0.25, 0.3) is 0 Å². The summed E-state index contributed by atoms with van der Waals surface area (Å²) in [5.41, 5.74) is 1.91. The molecule has 2 heteroatoms. The molecule has 0 atom stereocenters. The van der Waals surface area contributed by atoms with Gasteiger partial charge >= 0.3 is 0 Å². The van der Waals surface area contributed by atoms with Gasteiger partial charge in [-0.05, 0) is 30.5 Å². The second-order valence-electron chi connectivity index (χ2n) is 2.60. The third kappa shape index (κ3) is 2.56. The van der Waals surface area contributed by atoms with Crippen LogP contribution in [0.1, 0.15) is 17.5 Å². The summed E-state index contributed by atoms with van der Waals surface area (Å²) >= 11 is 5.56. The Morgan fingerprint density at radius 2 is 2.25 bits per heavy atom. The van der Waals surface area contributed by atoms with E-state index in [0.29, 0.717) is 5.88 Å². The van der Waals surface area contributed by atoms with Crippen LogP contribution in [0.5, 0.6) is 0 Å². The summed E-state index contributed by atoms with van der Waals surface area (Å²) in [5, 5.41) is 8.61. The Morgan fingerprint density at radius 3 is 2.92 bits per heavy atom. The molecule has 62 valence electrons. The molecule has 0 bridgehead atoms. The lowest BCUT2D eigenvalue weighted by Crippen LogP contribution is -1.86. The smallest absolute Gasteiger partial charge is 0.0991 e. The summed E-state index contributed by atoms with van der Waals surface area (Å²) in [7, 11) is 0. The van der Waals surface area contributed by atoms with Crippen LogP contribution in [0.4, 0.5) is 0 Å². The van der Waals surface area contributed by atoms with Crippen molar-refractivity contribution in [2.45, 2.75) is 12.8 Å². The quantitative estimate of drug-likeness (QED) is 0.655. The number of nitriles is 1. The third-order valence-electron chi connectivity index (χ3n) is 1.66. The van der Waals surface area contributed by atoms with Gasteiger partial charge < -0.3 is 0 Å². The van der Waals surface area contributed by atoms with Crippen LogP contribution in [0.3, 0.4) is 0 Å². The van der Waals surface area contributed by atoms with E-state index in [4.69, 9.17) is 16.9 Å². The summed E-state index contributed by atoms with van der Waals surface area (Å²) in [6.45, 7) is 0. The maximum atomic E-state index is 8.61. The Morgan fingerprint density at radius 1 is 1.42 bits per heavy atom. The maximum absolute atomic E-state index is 8.61. The fraction of sp³-hybridized carbons (Fsp3) is 0.300. The van der Waals surface area contributed by atoms with Crippen LogP contribution in [0.25, 0.3) is 0 Å². The van der Waals surface area contributed by atoms with Gasteiger partial charge in [0.05, 0.1) is 11.6 Å². The molecule has 0 aliphatic carbocycles. The summed E-state index contributed by atoms with van der Waals surface area (Å²) in [4.78, 5) is 0. The van der Waals surface area contributed by atoms with Crippen molar-refractivity contribution in [2.75, 3.05) is 5.88 Å². The largest absolute Gasteiger partial charge is 0.192 e. The summed E-state index contributed by atoms with van der Waals surface area (Å²) in [6, 6.07) is 9.76. The van der Waals surface area contributed by atoms with Crippen molar-refractivity contribution in [3.05, 3.63) is 35.4 Å². The lowest BCUT2D eigenvalue weighted by atomic mass is 10.1. The Kier molecular flexibility index (Phi) is 3.63. The lowest BCUT2D eigenvalue weighted by Gasteiger charge is -1.98. The second-order valence-corrected chi connectivity index (χ2v) is 2.98. The number of halogens is 1. The number of alkyl halides is 1. The number of hydrogen-bond donors (Lipinski definition) is 0. The first-order chi connectivity index (χ1) is 5.86. The number of aryl methyl sites for hydroxylation is 1. The Hall–Kier alpha value is -1.00. The maximum Gasteiger partial charge on any atom is 0.0991 e. The van der Waals surface area contributed by atoms with Crippen LogP contribution in [-0.4, -0.2) is 5.88 Å². The Balaban J connectivity index is 2.68. The van der Waals surface area contributed by atoms with Gasteiger partial charge in [0.2, 0.25) is 0 Å². The first-order valence-corrected chi connectivity index (χ1v) is 4.45. The molecule has 0 amide bonds. The minimum atomic E-state index is 0.677. The zero-order valence-electron chi connectivity index (χ0n) is 6.76. The van der Waals surface area contributed by atoms with Gasteiger partial charge in [-0.25, -0.2) is 0 Å². The molecule has 1 nitrogen and oxygen atoms in total. The number of nitrogens with zero attached hydrogens (tertiary/aromatic N) is 1. The predicted molar refractivity (Wildman–Crippen MR) is 50.2 cm³/mol. The first kappa shape index (κ1) is 9.09. The fourth-order valence-corrected chi connectivity index (χ4v) is 1.20. The molecule has 1 aromatic carbocycles. The van der Waals surface area contributed by atoms with Crippen molar-refractivity contribution in [3.8, 4) is 6.07 Å². The van der Waals surface area contributed by atoms with Gasteiger partial charge in [0.15, 0.2) is 0 Å². The minimum Gasteiger partial charge on any atom is -0.192 e. The van der Waals surface area contributed by atoms with Crippen LogP contribution in [-0.2, 0) is 6.42 Å². The monoisotopic (exact) mass is 179 g/mol. The normalized spacial score (nSPS) is 9.33. The molecule has 0 radical (unpaired) electrons. The van der Waals surface area contributed by atoms with Gasteiger partial charge in [0, 0.05) is 5.88 Å². The van der Waals surface area contributed by atoms with E-state index >= 15 is 0 Å². The molecule has 0 fully saturated rings. The first-order valence-electron chi connectivity index (χ1n) is 3.92. The summed E-state index contributed by atoms with van der Waals surface area (Å²) < 4.78 is 0. The van der Waals surface area contributed by atoms with Gasteiger partial charge in [-0.15, -0.1) is 11.6 Å². The van der Waals surface area contributed by atoms with Crippen molar-refractivity contribution >= 4 is 11.6 Å². The van der Waals surface area contributed by atoms with E-state index < -0.39 is 0 Å². The molecule has 12 heavy (non-hydrogen) atoms. The number of hydrogen-bond acceptors (Lipinski definition) is 1. The van der Waals surface area contributed by atoms with Crippen LogP contribution >= 0.6 is 11.6 Å². The van der Waals surface area contributed by atoms with Crippen molar-refractivity contribution < 1.29 is 0 Å². The molecular formula is C10H10ClN. The third-order valence-corrected chi connectivity index (χ3v) is 1.92. The molecule has 0 saturated heterocycles. The molecule has 0 aromatic heterocycles. The molecule has 0 saturated carbocycles. The highest BCUT2D eigenvalue weighted by Gasteiger charge is 1.93. The highest BCUT2D eigenvalue weighted by atomic mass is 35.5. The fourth-order valence-electron chi connectivity index (χ4n) is 1.07. The molecule has 0 unspecified atom stereocenters. The topological polar surface area (TPSA) is 23.8 Å². The van der Waals surface area contributed by atoms with Crippen molar-refractivity contribution in [2.24, 2.45) is 0 Å². The van der Waals surface area contributed by atoms with E-state index in [0.717, 1.165) is 18.4 Å². The molecule has 0 aliphatic heterocycles. The highest BCUT2D eigenvalue weighted by molar-refractivity contribution is 6.17. The summed E-state index contributed by atoms with van der Waals surface area (Å²) in [5.74, 6) is 0.677. The molecular weight excluding hydrogens is 170 g/mol. The van der Waals surface area contributed by atoms with Crippen LogP contribution < -0.4 is 0 Å². The highest BCUT2D eigenvalue weighted by Crippen LogP contribution is 2.06. The van der Waals surface area contributed by atoms with Gasteiger partial charge in [-0.2, -0.15) is 5.26 Å². The molecule has 1 aromatic rings. The van der Waals surface area contributed by atoms with E-state index in [1.807, 2.05) is 24.3 Å². The SMILES string of the molecule is N#Cc1cccc(CCCCl)c1. The van der Waals surface area contributed by atoms with Crippen molar-refractivity contribution in [1.29, 1.82) is 5.26 Å². The average Bonchev–Trinajstić information content (AvgIpc) is 2.15. The van der Waals surface area contributed by atoms with Gasteiger partial charge in [0.1, 0.15) is 0 Å². The number of rotatable bonds is 3. The predicted octanol–water partition coefficient (Wildman–Crippen LogP) is 2.73. The molecule has 0 aliphatic rings. The van der Waals surface area contributed by atoms with Gasteiger partial charge in [-0.3, -0.25) is 0 Å². The molecule has 0 N–H and O–H groups in total. The Bertz CT molecular complexity index is 288. The Labute approximate surface area is 77.6 Å². The molecule has 0 spiro atoms. The van der Waals surface area contributed by atoms with E-state index in [2.05, 4.69) is 6.07 Å². The van der Waals surface area contributed by atoms with Crippen molar-refractivity contribution in [1.82, 2.24) is 0 Å². The van der Waals surface area contributed by atoms with Crippen LogP contribution in [0, 0.1) is 11.3 Å². The number of benzene rings is 1. The van der Waals surface area contributed by atoms with E-state index in [1.165, 1.54) is 5.56 Å². The van der Waals surface area contributed by atoms with Gasteiger partial charge in [-0.1, -0.05) is 12.1 Å². The molecule has 1 rings (SSSR count). The van der Waals surface area contributed by atoms with E-state index in [9.17, 15) is 0 Å². The molecule has 0 heterocycles. The zero-order chi connectivity index (χ0) is 8.81. The second kappa shape index (κ2) is 4.79. The lowest BCUT2D eigenvalue weighted by molar-refractivity contribution is 0.928. The zero-order valence-corrected chi connectivity index (χ0v) is 7.51. The van der Waals surface area contributed by atoms with Crippen molar-refractivity contribution in [3.63, 3.8) is 0 Å². The average molecular weight is 180 g/mol. The van der Waals surface area contributed by atoms with Crippen LogP contribution in [0.15, 0.2) is 24.3 Å². The standard InChI is InChI=1S/C10H10ClN/c11-6-2-5-9-3-1-4-10(7-9)8-12/h1,3-4,7H,2,5-6H2. The minimum absolute atomic E-state index is 0.677. The van der Waals surface area contributed by atoms with E-state index in [-0.39, 0.29) is 0 Å². The van der Waals surface area contributed by atoms with Crippen LogP contribution in [0.2, 0.25) is 0 Å².